The minimum Gasteiger partial charge on any atom is -0.379 e. The Labute approximate surface area is 175 Å². The average Bonchev–Trinajstić information content (AvgIpc) is 3.29. The Morgan fingerprint density at radius 3 is 2.50 bits per heavy atom. The number of carbonyl (C=O) groups excluding carboxylic acids is 1. The zero-order chi connectivity index (χ0) is 20.7. The maximum absolute atomic E-state index is 12.9. The van der Waals surface area contributed by atoms with E-state index in [1.165, 1.54) is 29.4 Å². The second-order valence-electron chi connectivity index (χ2n) is 8.19. The van der Waals surface area contributed by atoms with Crippen molar-refractivity contribution in [3.05, 3.63) is 29.6 Å². The number of aromatic nitrogens is 4. The summed E-state index contributed by atoms with van der Waals surface area (Å²) in [7, 11) is -3.62. The summed E-state index contributed by atoms with van der Waals surface area (Å²) in [6, 6.07) is 1.44. The summed E-state index contributed by atoms with van der Waals surface area (Å²) in [6.07, 6.45) is 5.36. The number of hydrogen-bond donors (Lipinski definition) is 2. The molecule has 0 atom stereocenters. The van der Waals surface area contributed by atoms with Gasteiger partial charge < -0.3 is 14.6 Å². The molecule has 1 saturated carbocycles. The highest BCUT2D eigenvalue weighted by Crippen LogP contribution is 2.38. The van der Waals surface area contributed by atoms with Gasteiger partial charge in [-0.1, -0.05) is 0 Å². The number of ether oxygens (including phenoxy) is 1. The van der Waals surface area contributed by atoms with Crippen LogP contribution in [0.4, 0.5) is 0 Å². The Hall–Kier alpha value is -2.24. The van der Waals surface area contributed by atoms with Crippen LogP contribution in [0.5, 0.6) is 0 Å². The molecule has 0 radical (unpaired) electrons. The third kappa shape index (κ3) is 3.77. The van der Waals surface area contributed by atoms with Crippen LogP contribution in [0.15, 0.2) is 17.2 Å². The molecule has 3 fully saturated rings. The van der Waals surface area contributed by atoms with Gasteiger partial charge in [0.15, 0.2) is 5.82 Å². The van der Waals surface area contributed by atoms with Crippen LogP contribution in [0.25, 0.3) is 0 Å². The zero-order valence-corrected chi connectivity index (χ0v) is 17.5. The van der Waals surface area contributed by atoms with Crippen molar-refractivity contribution in [3.63, 3.8) is 0 Å². The van der Waals surface area contributed by atoms with E-state index >= 15 is 0 Å². The number of likely N-dealkylation sites (tertiary alicyclic amines) is 1. The van der Waals surface area contributed by atoms with Gasteiger partial charge in [0, 0.05) is 44.2 Å². The number of morpholine rings is 1. The van der Waals surface area contributed by atoms with Gasteiger partial charge >= 0.3 is 0 Å². The largest absolute Gasteiger partial charge is 0.379 e. The molecule has 4 heterocycles. The highest BCUT2D eigenvalue weighted by Gasteiger charge is 2.32. The quantitative estimate of drug-likeness (QED) is 0.725. The lowest BCUT2D eigenvalue weighted by molar-refractivity contribution is 0.0705. The molecule has 0 unspecified atom stereocenters. The Balaban J connectivity index is 1.21. The number of hydrogen-bond acceptors (Lipinski definition) is 6. The van der Waals surface area contributed by atoms with Crippen molar-refractivity contribution < 1.29 is 17.9 Å². The summed E-state index contributed by atoms with van der Waals surface area (Å²) in [6.45, 7) is 2.64. The van der Waals surface area contributed by atoms with Gasteiger partial charge in [0.1, 0.15) is 16.4 Å². The molecule has 5 rings (SSSR count). The van der Waals surface area contributed by atoms with Crippen LogP contribution in [0.3, 0.4) is 0 Å². The van der Waals surface area contributed by atoms with Crippen molar-refractivity contribution in [3.8, 4) is 0 Å². The van der Waals surface area contributed by atoms with Crippen molar-refractivity contribution in [1.82, 2.24) is 29.4 Å². The smallest absolute Gasteiger partial charge is 0.270 e. The third-order valence-corrected chi connectivity index (χ3v) is 8.00. The molecule has 2 aliphatic heterocycles. The standard InChI is InChI=1S/C19H26N6O4S/c26-19(16-11-15(12-20-16)30(27,28)25-7-9-29-10-8-25)24-5-3-14(4-6-24)18-21-17(22-23-18)13-1-2-13/h11-14,20H,1-10H2,(H,21,22,23). The molecule has 162 valence electrons. The number of rotatable bonds is 5. The van der Waals surface area contributed by atoms with Gasteiger partial charge in [-0.05, 0) is 31.7 Å². The molecule has 3 aliphatic rings. The van der Waals surface area contributed by atoms with Crippen molar-refractivity contribution in [2.75, 3.05) is 39.4 Å². The van der Waals surface area contributed by atoms with E-state index in [0.717, 1.165) is 24.5 Å². The van der Waals surface area contributed by atoms with Crippen molar-refractivity contribution >= 4 is 15.9 Å². The number of nitrogens with zero attached hydrogens (tertiary/aromatic N) is 4. The minimum atomic E-state index is -3.62. The average molecular weight is 435 g/mol. The Morgan fingerprint density at radius 1 is 1.07 bits per heavy atom. The predicted molar refractivity (Wildman–Crippen MR) is 107 cm³/mol. The van der Waals surface area contributed by atoms with Gasteiger partial charge in [-0.3, -0.25) is 9.89 Å². The van der Waals surface area contributed by atoms with Crippen LogP contribution in [0.2, 0.25) is 0 Å². The number of sulfonamides is 1. The Morgan fingerprint density at radius 2 is 1.80 bits per heavy atom. The Bertz CT molecular complexity index is 1010. The topological polar surface area (TPSA) is 124 Å². The second kappa shape index (κ2) is 7.78. The van der Waals surface area contributed by atoms with E-state index in [1.54, 1.807) is 4.90 Å². The van der Waals surface area contributed by atoms with Crippen LogP contribution in [-0.2, 0) is 14.8 Å². The predicted octanol–water partition coefficient (Wildman–Crippen LogP) is 1.05. The number of H-pyrrole nitrogens is 2. The Kier molecular flexibility index (Phi) is 5.11. The molecule has 0 spiro atoms. The first-order valence-electron chi connectivity index (χ1n) is 10.5. The normalized spacial score (nSPS) is 21.8. The molecule has 2 aromatic heterocycles. The van der Waals surface area contributed by atoms with Crippen molar-refractivity contribution in [2.45, 2.75) is 42.4 Å². The van der Waals surface area contributed by atoms with E-state index in [0.29, 0.717) is 51.0 Å². The van der Waals surface area contributed by atoms with Crippen LogP contribution in [0.1, 0.15) is 59.7 Å². The van der Waals surface area contributed by atoms with Gasteiger partial charge in [0.05, 0.1) is 13.2 Å². The lowest BCUT2D eigenvalue weighted by atomic mass is 9.96. The van der Waals surface area contributed by atoms with E-state index in [4.69, 9.17) is 4.74 Å². The molecule has 0 bridgehead atoms. The van der Waals surface area contributed by atoms with Crippen LogP contribution in [0, 0.1) is 0 Å². The fourth-order valence-corrected chi connectivity index (χ4v) is 5.51. The van der Waals surface area contributed by atoms with Gasteiger partial charge in [-0.25, -0.2) is 13.4 Å². The maximum Gasteiger partial charge on any atom is 0.270 e. The van der Waals surface area contributed by atoms with Gasteiger partial charge in [0.25, 0.3) is 5.91 Å². The summed E-state index contributed by atoms with van der Waals surface area (Å²) >= 11 is 0. The van der Waals surface area contributed by atoms with E-state index in [2.05, 4.69) is 20.2 Å². The number of aromatic amines is 2. The second-order valence-corrected chi connectivity index (χ2v) is 10.1. The van der Waals surface area contributed by atoms with Crippen molar-refractivity contribution in [1.29, 1.82) is 0 Å². The number of piperidine rings is 1. The molecule has 0 aromatic carbocycles. The summed E-state index contributed by atoms with van der Waals surface area (Å²) < 4.78 is 32.1. The minimum absolute atomic E-state index is 0.122. The SMILES string of the molecule is O=C(c1cc(S(=O)(=O)N2CCOCC2)c[nH]1)N1CCC(c2nc(C3CC3)n[nH]2)CC1. The fraction of sp³-hybridized carbons (Fsp3) is 0.632. The van der Waals surface area contributed by atoms with Crippen LogP contribution in [-0.4, -0.2) is 83.1 Å². The van der Waals surface area contributed by atoms with E-state index < -0.39 is 10.0 Å². The van der Waals surface area contributed by atoms with Gasteiger partial charge in [0.2, 0.25) is 10.0 Å². The first-order chi connectivity index (χ1) is 14.5. The van der Waals surface area contributed by atoms with E-state index in [1.807, 2.05) is 0 Å². The number of carbonyl (C=O) groups is 1. The van der Waals surface area contributed by atoms with Gasteiger partial charge in [-0.15, -0.1) is 0 Å². The molecule has 1 aliphatic carbocycles. The molecular formula is C19H26N6O4S. The highest BCUT2D eigenvalue weighted by atomic mass is 32.2. The summed E-state index contributed by atoms with van der Waals surface area (Å²) in [5.74, 6) is 2.46. The monoisotopic (exact) mass is 434 g/mol. The molecule has 11 heteroatoms. The lowest BCUT2D eigenvalue weighted by Gasteiger charge is -2.30. The summed E-state index contributed by atoms with van der Waals surface area (Å²) in [5, 5.41) is 7.40. The van der Waals surface area contributed by atoms with Crippen LogP contribution >= 0.6 is 0 Å². The van der Waals surface area contributed by atoms with Gasteiger partial charge in [-0.2, -0.15) is 9.40 Å². The number of nitrogens with one attached hydrogen (secondary N) is 2. The molecule has 2 saturated heterocycles. The lowest BCUT2D eigenvalue weighted by Crippen LogP contribution is -2.40. The highest BCUT2D eigenvalue weighted by molar-refractivity contribution is 7.89. The third-order valence-electron chi connectivity index (χ3n) is 6.13. The van der Waals surface area contributed by atoms with E-state index in [-0.39, 0.29) is 16.7 Å². The molecule has 2 aromatic rings. The molecular weight excluding hydrogens is 408 g/mol. The molecule has 1 amide bonds. The summed E-state index contributed by atoms with van der Waals surface area (Å²) in [5.41, 5.74) is 0.302. The van der Waals surface area contributed by atoms with Crippen LogP contribution < -0.4 is 0 Å². The fourth-order valence-electron chi connectivity index (χ4n) is 4.10. The first kappa shape index (κ1) is 19.7. The van der Waals surface area contributed by atoms with Crippen molar-refractivity contribution in [2.24, 2.45) is 0 Å². The maximum atomic E-state index is 12.9. The molecule has 10 nitrogen and oxygen atoms in total. The molecule has 2 N–H and O–H groups in total. The molecule has 30 heavy (non-hydrogen) atoms. The zero-order valence-electron chi connectivity index (χ0n) is 16.7. The van der Waals surface area contributed by atoms with E-state index in [9.17, 15) is 13.2 Å². The first-order valence-corrected chi connectivity index (χ1v) is 11.9. The number of amides is 1. The summed E-state index contributed by atoms with van der Waals surface area (Å²) in [4.78, 5) is 22.3.